The highest BCUT2D eigenvalue weighted by atomic mass is 32.2. The number of amides is 1. The molecule has 0 spiro atoms. The second-order valence-electron chi connectivity index (χ2n) is 10.6. The van der Waals surface area contributed by atoms with Crippen LogP contribution in [0, 0.1) is 5.92 Å². The Bertz CT molecular complexity index is 1490. The van der Waals surface area contributed by atoms with E-state index in [4.69, 9.17) is 9.97 Å². The van der Waals surface area contributed by atoms with Gasteiger partial charge >= 0.3 is 0 Å². The van der Waals surface area contributed by atoms with Crippen molar-refractivity contribution in [2.75, 3.05) is 11.9 Å². The van der Waals surface area contributed by atoms with Crippen molar-refractivity contribution >= 4 is 28.4 Å². The van der Waals surface area contributed by atoms with Gasteiger partial charge in [-0.15, -0.1) is 0 Å². The maximum atomic E-state index is 12.5. The number of benzene rings is 2. The summed E-state index contributed by atoms with van der Waals surface area (Å²) in [7, 11) is -1.20. The zero-order valence-electron chi connectivity index (χ0n) is 21.6. The van der Waals surface area contributed by atoms with Gasteiger partial charge in [0.2, 0.25) is 0 Å². The van der Waals surface area contributed by atoms with Gasteiger partial charge in [0.05, 0.1) is 22.5 Å². The average Bonchev–Trinajstić information content (AvgIpc) is 3.86. The number of carbonyl (C=O) groups is 1. The lowest BCUT2D eigenvalue weighted by molar-refractivity contribution is 0.0951. The van der Waals surface area contributed by atoms with Crippen molar-refractivity contribution in [2.24, 2.45) is 5.92 Å². The molecule has 9 heteroatoms. The third-order valence-corrected chi connectivity index (χ3v) is 7.99. The summed E-state index contributed by atoms with van der Waals surface area (Å²) in [5.74, 6) is 1.13. The summed E-state index contributed by atoms with van der Waals surface area (Å²) in [6, 6.07) is 16.1. The largest absolute Gasteiger partial charge is 0.367 e. The van der Waals surface area contributed by atoms with E-state index in [2.05, 4.69) is 29.2 Å². The SMILES string of the molecule is CC(C)CNc1nc(-c2ccc(S(=O)NC3CC3)cc2)cn2c(-c3ccc(C(=O)NC4CC4)cc3)cnc12. The van der Waals surface area contributed by atoms with Crippen LogP contribution in [0.3, 0.4) is 0 Å². The maximum absolute atomic E-state index is 12.5. The van der Waals surface area contributed by atoms with Crippen LogP contribution in [0.1, 0.15) is 49.9 Å². The first-order valence-corrected chi connectivity index (χ1v) is 14.4. The molecule has 3 N–H and O–H groups in total. The Hall–Kier alpha value is -3.56. The van der Waals surface area contributed by atoms with E-state index in [1.165, 1.54) is 0 Å². The van der Waals surface area contributed by atoms with Crippen molar-refractivity contribution in [1.82, 2.24) is 24.4 Å². The summed E-state index contributed by atoms with van der Waals surface area (Å²) < 4.78 is 17.7. The fourth-order valence-corrected chi connectivity index (χ4v) is 5.28. The molecule has 1 unspecified atom stereocenters. The number of nitrogens with one attached hydrogen (secondary N) is 3. The van der Waals surface area contributed by atoms with Crippen LogP contribution in [-0.2, 0) is 11.0 Å². The third kappa shape index (κ3) is 5.49. The summed E-state index contributed by atoms with van der Waals surface area (Å²) in [5, 5.41) is 6.50. The van der Waals surface area contributed by atoms with Crippen LogP contribution in [0.2, 0.25) is 0 Å². The number of anilines is 1. The van der Waals surface area contributed by atoms with Crippen LogP contribution in [0.4, 0.5) is 5.82 Å². The Morgan fingerprint density at radius 3 is 2.34 bits per heavy atom. The zero-order chi connectivity index (χ0) is 26.2. The summed E-state index contributed by atoms with van der Waals surface area (Å²) in [6.07, 6.45) is 8.13. The molecule has 0 bridgehead atoms. The number of rotatable bonds is 10. The summed E-state index contributed by atoms with van der Waals surface area (Å²) in [6.45, 7) is 5.07. The minimum Gasteiger partial charge on any atom is -0.367 e. The molecule has 2 aliphatic carbocycles. The Labute approximate surface area is 224 Å². The first-order valence-electron chi connectivity index (χ1n) is 13.3. The molecule has 0 radical (unpaired) electrons. The van der Waals surface area contributed by atoms with Crippen molar-refractivity contribution in [3.05, 3.63) is 66.5 Å². The molecule has 38 heavy (non-hydrogen) atoms. The van der Waals surface area contributed by atoms with Crippen LogP contribution in [0.25, 0.3) is 28.2 Å². The van der Waals surface area contributed by atoms with E-state index in [1.54, 1.807) is 0 Å². The highest BCUT2D eigenvalue weighted by Crippen LogP contribution is 2.29. The number of carbonyl (C=O) groups excluding carboxylic acids is 1. The minimum atomic E-state index is -1.20. The first kappa shape index (κ1) is 24.8. The van der Waals surface area contributed by atoms with Crippen LogP contribution in [-0.4, -0.2) is 43.1 Å². The summed E-state index contributed by atoms with van der Waals surface area (Å²) >= 11 is 0. The number of hydrogen-bond donors (Lipinski definition) is 3. The molecule has 1 amide bonds. The van der Waals surface area contributed by atoms with Crippen LogP contribution < -0.4 is 15.4 Å². The van der Waals surface area contributed by atoms with Crippen LogP contribution >= 0.6 is 0 Å². The number of hydrogen-bond acceptors (Lipinski definition) is 5. The second kappa shape index (κ2) is 10.3. The fourth-order valence-electron chi connectivity index (χ4n) is 4.22. The Morgan fingerprint density at radius 2 is 1.68 bits per heavy atom. The van der Waals surface area contributed by atoms with E-state index in [0.29, 0.717) is 29.4 Å². The molecule has 2 aromatic carbocycles. The molecule has 4 aromatic rings. The van der Waals surface area contributed by atoms with E-state index in [9.17, 15) is 9.00 Å². The number of imidazole rings is 1. The van der Waals surface area contributed by atoms with Gasteiger partial charge in [0.25, 0.3) is 5.91 Å². The fraction of sp³-hybridized carbons (Fsp3) is 0.345. The standard InChI is InChI=1S/C29H32N6O2S/c1-18(2)15-30-27-28-31-16-26(20-3-5-21(6-4-20)29(36)32-22-9-10-22)35(28)17-25(33-27)19-7-13-24(14-8-19)38(37)34-23-11-12-23/h3-8,13-14,16-18,22-23,34H,9-12,15H2,1-2H3,(H,30,33)(H,32,36). The second-order valence-corrected chi connectivity index (χ2v) is 11.8. The van der Waals surface area contributed by atoms with E-state index >= 15 is 0 Å². The normalized spacial score (nSPS) is 16.1. The lowest BCUT2D eigenvalue weighted by Crippen LogP contribution is -2.25. The smallest absolute Gasteiger partial charge is 0.251 e. The third-order valence-electron chi connectivity index (χ3n) is 6.74. The number of aromatic nitrogens is 3. The lowest BCUT2D eigenvalue weighted by Gasteiger charge is -2.13. The molecule has 2 aromatic heterocycles. The predicted molar refractivity (Wildman–Crippen MR) is 150 cm³/mol. The van der Waals surface area contributed by atoms with Crippen molar-refractivity contribution < 1.29 is 9.00 Å². The van der Waals surface area contributed by atoms with Gasteiger partial charge in [0.15, 0.2) is 11.5 Å². The summed E-state index contributed by atoms with van der Waals surface area (Å²) in [5.41, 5.74) is 4.99. The minimum absolute atomic E-state index is 0.0273. The molecule has 0 aliphatic heterocycles. The summed E-state index contributed by atoms with van der Waals surface area (Å²) in [4.78, 5) is 22.8. The van der Waals surface area contributed by atoms with Gasteiger partial charge in [-0.1, -0.05) is 38.1 Å². The zero-order valence-corrected chi connectivity index (χ0v) is 22.4. The Morgan fingerprint density at radius 1 is 1.00 bits per heavy atom. The van der Waals surface area contributed by atoms with Gasteiger partial charge in [-0.05, 0) is 55.9 Å². The molecule has 196 valence electrons. The van der Waals surface area contributed by atoms with E-state index < -0.39 is 11.0 Å². The van der Waals surface area contributed by atoms with Crippen LogP contribution in [0.5, 0.6) is 0 Å². The Balaban J connectivity index is 1.34. The molecular formula is C29H32N6O2S. The number of fused-ring (bicyclic) bond motifs is 1. The lowest BCUT2D eigenvalue weighted by atomic mass is 10.1. The van der Waals surface area contributed by atoms with Crippen molar-refractivity contribution in [3.63, 3.8) is 0 Å². The molecule has 6 rings (SSSR count). The van der Waals surface area contributed by atoms with Gasteiger partial charge in [0, 0.05) is 41.5 Å². The molecule has 8 nitrogen and oxygen atoms in total. The maximum Gasteiger partial charge on any atom is 0.251 e. The molecule has 2 aliphatic rings. The van der Waals surface area contributed by atoms with Crippen molar-refractivity contribution in [2.45, 2.75) is 56.5 Å². The highest BCUT2D eigenvalue weighted by molar-refractivity contribution is 7.83. The van der Waals surface area contributed by atoms with E-state index in [1.807, 2.05) is 65.3 Å². The molecule has 2 saturated carbocycles. The highest BCUT2D eigenvalue weighted by Gasteiger charge is 2.24. The molecule has 2 heterocycles. The first-order chi connectivity index (χ1) is 18.4. The van der Waals surface area contributed by atoms with E-state index in [0.717, 1.165) is 65.3 Å². The quantitative estimate of drug-likeness (QED) is 0.275. The van der Waals surface area contributed by atoms with Gasteiger partial charge < -0.3 is 10.6 Å². The monoisotopic (exact) mass is 528 g/mol. The van der Waals surface area contributed by atoms with Gasteiger partial charge in [-0.25, -0.2) is 18.9 Å². The topological polar surface area (TPSA) is 100 Å². The molecule has 2 fully saturated rings. The van der Waals surface area contributed by atoms with Gasteiger partial charge in [-0.3, -0.25) is 9.20 Å². The van der Waals surface area contributed by atoms with Crippen molar-refractivity contribution in [3.8, 4) is 22.5 Å². The number of nitrogens with zero attached hydrogens (tertiary/aromatic N) is 3. The molecular weight excluding hydrogens is 496 g/mol. The van der Waals surface area contributed by atoms with Crippen molar-refractivity contribution in [1.29, 1.82) is 0 Å². The Kier molecular flexibility index (Phi) is 6.71. The van der Waals surface area contributed by atoms with E-state index in [-0.39, 0.29) is 5.91 Å². The van der Waals surface area contributed by atoms with Gasteiger partial charge in [-0.2, -0.15) is 0 Å². The van der Waals surface area contributed by atoms with Crippen LogP contribution in [0.15, 0.2) is 65.8 Å². The predicted octanol–water partition coefficient (Wildman–Crippen LogP) is 4.80. The average molecular weight is 529 g/mol. The van der Waals surface area contributed by atoms with Gasteiger partial charge in [0.1, 0.15) is 11.0 Å². The molecule has 0 saturated heterocycles. The molecule has 1 atom stereocenters.